The molecule has 1 aliphatic rings. The van der Waals surface area contributed by atoms with Crippen LogP contribution in [0.4, 0.5) is 0 Å². The van der Waals surface area contributed by atoms with Crippen molar-refractivity contribution in [3.8, 4) is 0 Å². The second kappa shape index (κ2) is 4.99. The molecule has 0 aliphatic heterocycles. The van der Waals surface area contributed by atoms with E-state index in [1.807, 2.05) is 12.1 Å². The van der Waals surface area contributed by atoms with E-state index in [4.69, 9.17) is 4.42 Å². The van der Waals surface area contributed by atoms with Crippen LogP contribution >= 0.6 is 0 Å². The number of hydrogen-bond acceptors (Lipinski definition) is 2. The molecular weight excluding hydrogens is 224 g/mol. The van der Waals surface area contributed by atoms with Gasteiger partial charge in [0, 0.05) is 12.3 Å². The average molecular weight is 242 g/mol. The van der Waals surface area contributed by atoms with Crippen LogP contribution in [0.5, 0.6) is 0 Å². The summed E-state index contributed by atoms with van der Waals surface area (Å²) >= 11 is 0. The Bertz CT molecular complexity index is 502. The van der Waals surface area contributed by atoms with Crippen LogP contribution in [0.3, 0.4) is 0 Å². The van der Waals surface area contributed by atoms with Gasteiger partial charge in [-0.15, -0.1) is 0 Å². The minimum atomic E-state index is -0.349. The number of benzene rings is 1. The number of aliphatic hydroxyl groups is 1. The largest absolute Gasteiger partial charge is 0.469 e. The lowest BCUT2D eigenvalue weighted by molar-refractivity contribution is 0.128. The van der Waals surface area contributed by atoms with Crippen LogP contribution in [-0.4, -0.2) is 11.2 Å². The van der Waals surface area contributed by atoms with E-state index in [1.54, 1.807) is 6.26 Å². The lowest BCUT2D eigenvalue weighted by atomic mass is 9.79. The first-order valence-electron chi connectivity index (χ1n) is 6.63. The summed E-state index contributed by atoms with van der Waals surface area (Å²) in [5, 5.41) is 10.4. The highest BCUT2D eigenvalue weighted by molar-refractivity contribution is 5.33. The van der Waals surface area contributed by atoms with Gasteiger partial charge in [-0.25, -0.2) is 0 Å². The third-order valence-electron chi connectivity index (χ3n) is 3.87. The Morgan fingerprint density at radius 1 is 1.22 bits per heavy atom. The maximum atomic E-state index is 10.4. The van der Waals surface area contributed by atoms with Crippen LogP contribution < -0.4 is 0 Å². The Morgan fingerprint density at radius 2 is 2.11 bits per heavy atom. The van der Waals surface area contributed by atoms with Crippen LogP contribution in [0.1, 0.15) is 35.6 Å². The molecule has 2 nitrogen and oxygen atoms in total. The van der Waals surface area contributed by atoms with E-state index in [1.165, 1.54) is 11.1 Å². The molecule has 0 spiro atoms. The van der Waals surface area contributed by atoms with Crippen molar-refractivity contribution in [2.45, 2.75) is 37.7 Å². The molecule has 1 aliphatic carbocycles. The number of fused-ring (bicyclic) bond motifs is 1. The van der Waals surface area contributed by atoms with Gasteiger partial charge in [0.1, 0.15) is 5.76 Å². The van der Waals surface area contributed by atoms with Gasteiger partial charge < -0.3 is 9.52 Å². The Morgan fingerprint density at radius 3 is 2.94 bits per heavy atom. The third-order valence-corrected chi connectivity index (χ3v) is 3.87. The van der Waals surface area contributed by atoms with Crippen LogP contribution in [-0.2, 0) is 12.8 Å². The SMILES string of the molecule is OC(Cc1ccco1)C1CCCc2ccccc21. The number of furan rings is 1. The van der Waals surface area contributed by atoms with Crippen molar-refractivity contribution in [1.82, 2.24) is 0 Å². The standard InChI is InChI=1S/C16H18O2/c17-16(11-13-7-4-10-18-13)15-9-3-6-12-5-1-2-8-14(12)15/h1-2,4-5,7-8,10,15-17H,3,6,9,11H2. The van der Waals surface area contributed by atoms with Crippen molar-refractivity contribution in [3.05, 3.63) is 59.5 Å². The van der Waals surface area contributed by atoms with Crippen LogP contribution in [0, 0.1) is 0 Å². The fourth-order valence-electron chi connectivity index (χ4n) is 2.97. The Balaban J connectivity index is 1.80. The van der Waals surface area contributed by atoms with Crippen molar-refractivity contribution in [1.29, 1.82) is 0 Å². The van der Waals surface area contributed by atoms with Crippen LogP contribution in [0.15, 0.2) is 47.1 Å². The van der Waals surface area contributed by atoms with Gasteiger partial charge in [0.2, 0.25) is 0 Å². The molecule has 18 heavy (non-hydrogen) atoms. The summed E-state index contributed by atoms with van der Waals surface area (Å²) in [6, 6.07) is 12.3. The van der Waals surface area contributed by atoms with E-state index in [2.05, 4.69) is 24.3 Å². The summed E-state index contributed by atoms with van der Waals surface area (Å²) in [5.74, 6) is 1.12. The molecule has 2 unspecified atom stereocenters. The molecule has 2 aromatic rings. The van der Waals surface area contributed by atoms with Gasteiger partial charge in [0.05, 0.1) is 12.4 Å². The van der Waals surface area contributed by atoms with Crippen LogP contribution in [0.2, 0.25) is 0 Å². The highest BCUT2D eigenvalue weighted by Gasteiger charge is 2.26. The third kappa shape index (κ3) is 2.21. The van der Waals surface area contributed by atoms with Gasteiger partial charge in [-0.3, -0.25) is 0 Å². The summed E-state index contributed by atoms with van der Waals surface area (Å²) in [4.78, 5) is 0. The lowest BCUT2D eigenvalue weighted by Gasteiger charge is -2.29. The van der Waals surface area contributed by atoms with E-state index in [0.717, 1.165) is 25.0 Å². The van der Waals surface area contributed by atoms with Gasteiger partial charge in [-0.2, -0.15) is 0 Å². The van der Waals surface area contributed by atoms with Crippen LogP contribution in [0.25, 0.3) is 0 Å². The Hall–Kier alpha value is -1.54. The molecule has 3 rings (SSSR count). The minimum Gasteiger partial charge on any atom is -0.469 e. The zero-order chi connectivity index (χ0) is 12.4. The number of hydrogen-bond donors (Lipinski definition) is 1. The molecule has 2 heteroatoms. The molecule has 0 fully saturated rings. The van der Waals surface area contributed by atoms with E-state index in [0.29, 0.717) is 6.42 Å². The first-order valence-corrected chi connectivity index (χ1v) is 6.63. The molecule has 0 saturated heterocycles. The summed E-state index contributed by atoms with van der Waals surface area (Å²) in [6.45, 7) is 0. The zero-order valence-electron chi connectivity index (χ0n) is 10.4. The number of rotatable bonds is 3. The quantitative estimate of drug-likeness (QED) is 0.895. The predicted octanol–water partition coefficient (Wildman–Crippen LogP) is 3.30. The maximum absolute atomic E-state index is 10.4. The topological polar surface area (TPSA) is 33.4 Å². The van der Waals surface area contributed by atoms with Gasteiger partial charge >= 0.3 is 0 Å². The summed E-state index contributed by atoms with van der Waals surface area (Å²) < 4.78 is 5.32. The highest BCUT2D eigenvalue weighted by atomic mass is 16.3. The van der Waals surface area contributed by atoms with Gasteiger partial charge in [-0.1, -0.05) is 24.3 Å². The first-order chi connectivity index (χ1) is 8.84. The molecule has 0 amide bonds. The Kier molecular flexibility index (Phi) is 3.20. The molecule has 1 aromatic heterocycles. The summed E-state index contributed by atoms with van der Waals surface area (Å²) in [5.41, 5.74) is 2.72. The zero-order valence-corrected chi connectivity index (χ0v) is 10.4. The molecule has 0 radical (unpaired) electrons. The lowest BCUT2D eigenvalue weighted by Crippen LogP contribution is -2.24. The number of aryl methyl sites for hydroxylation is 1. The molecule has 94 valence electrons. The maximum Gasteiger partial charge on any atom is 0.106 e. The normalized spacial score (nSPS) is 20.4. The van der Waals surface area contributed by atoms with Gasteiger partial charge in [0.15, 0.2) is 0 Å². The second-order valence-corrected chi connectivity index (χ2v) is 5.05. The van der Waals surface area contributed by atoms with Crippen molar-refractivity contribution >= 4 is 0 Å². The number of aliphatic hydroxyl groups excluding tert-OH is 1. The molecule has 1 heterocycles. The molecule has 1 N–H and O–H groups in total. The summed E-state index contributed by atoms with van der Waals surface area (Å²) in [6.07, 6.45) is 5.29. The van der Waals surface area contributed by atoms with Crippen molar-refractivity contribution in [3.63, 3.8) is 0 Å². The fraction of sp³-hybridized carbons (Fsp3) is 0.375. The molecule has 2 atom stereocenters. The van der Waals surface area contributed by atoms with Crippen molar-refractivity contribution < 1.29 is 9.52 Å². The van der Waals surface area contributed by atoms with Gasteiger partial charge in [0.25, 0.3) is 0 Å². The van der Waals surface area contributed by atoms with Crippen molar-refractivity contribution in [2.75, 3.05) is 0 Å². The first kappa shape index (κ1) is 11.5. The average Bonchev–Trinajstić information content (AvgIpc) is 2.91. The monoisotopic (exact) mass is 242 g/mol. The second-order valence-electron chi connectivity index (χ2n) is 5.05. The molecule has 0 saturated carbocycles. The predicted molar refractivity (Wildman–Crippen MR) is 70.5 cm³/mol. The molecule has 1 aromatic carbocycles. The fourth-order valence-corrected chi connectivity index (χ4v) is 2.97. The molecular formula is C16H18O2. The minimum absolute atomic E-state index is 0.250. The van der Waals surface area contributed by atoms with E-state index >= 15 is 0 Å². The van der Waals surface area contributed by atoms with E-state index in [9.17, 15) is 5.11 Å². The van der Waals surface area contributed by atoms with Crippen molar-refractivity contribution in [2.24, 2.45) is 0 Å². The Labute approximate surface area is 107 Å². The molecule has 0 bridgehead atoms. The van der Waals surface area contributed by atoms with Gasteiger partial charge in [-0.05, 0) is 42.5 Å². The van der Waals surface area contributed by atoms with E-state index in [-0.39, 0.29) is 12.0 Å². The highest BCUT2D eigenvalue weighted by Crippen LogP contribution is 2.34. The van der Waals surface area contributed by atoms with E-state index < -0.39 is 0 Å². The smallest absolute Gasteiger partial charge is 0.106 e. The summed E-state index contributed by atoms with van der Waals surface area (Å²) in [7, 11) is 0.